The third kappa shape index (κ3) is 3.68. The zero-order valence-electron chi connectivity index (χ0n) is 12.3. The molecule has 112 valence electrons. The molecule has 0 bridgehead atoms. The quantitative estimate of drug-likeness (QED) is 0.742. The Morgan fingerprint density at radius 1 is 0.870 bits per heavy atom. The van der Waals surface area contributed by atoms with Crippen molar-refractivity contribution < 1.29 is 9.90 Å². The van der Waals surface area contributed by atoms with Gasteiger partial charge in [-0.1, -0.05) is 12.1 Å². The van der Waals surface area contributed by atoms with Crippen molar-refractivity contribution in [3.8, 4) is 22.3 Å². The number of hydrogen-bond donors (Lipinski definition) is 1. The first-order valence-corrected chi connectivity index (χ1v) is 7.09. The number of benzene rings is 1. The van der Waals surface area contributed by atoms with Crippen molar-refractivity contribution in [2.75, 3.05) is 0 Å². The molecule has 1 aromatic carbocycles. The highest BCUT2D eigenvalue weighted by molar-refractivity contribution is 5.86. The van der Waals surface area contributed by atoms with Crippen LogP contribution < -0.4 is 0 Å². The zero-order valence-corrected chi connectivity index (χ0v) is 12.3. The summed E-state index contributed by atoms with van der Waals surface area (Å²) in [6.45, 7) is 0. The van der Waals surface area contributed by atoms with Gasteiger partial charge in [-0.15, -0.1) is 0 Å². The lowest BCUT2D eigenvalue weighted by Crippen LogP contribution is -1.88. The van der Waals surface area contributed by atoms with Crippen molar-refractivity contribution in [3.63, 3.8) is 0 Å². The first-order chi connectivity index (χ1) is 11.2. The molecule has 23 heavy (non-hydrogen) atoms. The molecule has 0 spiro atoms. The summed E-state index contributed by atoms with van der Waals surface area (Å²) >= 11 is 0. The summed E-state index contributed by atoms with van der Waals surface area (Å²) < 4.78 is 0. The van der Waals surface area contributed by atoms with Crippen LogP contribution in [-0.2, 0) is 4.79 Å². The smallest absolute Gasteiger partial charge is 0.328 e. The number of carbonyl (C=O) groups is 1. The second kappa shape index (κ2) is 6.66. The van der Waals surface area contributed by atoms with Crippen LogP contribution in [0.15, 0.2) is 73.3 Å². The van der Waals surface area contributed by atoms with E-state index in [1.165, 1.54) is 0 Å². The molecule has 2 heterocycles. The number of pyridine rings is 2. The Bertz CT molecular complexity index is 786. The van der Waals surface area contributed by atoms with Crippen LogP contribution in [0.3, 0.4) is 0 Å². The molecule has 0 radical (unpaired) electrons. The first-order valence-electron chi connectivity index (χ1n) is 7.09. The van der Waals surface area contributed by atoms with E-state index in [1.54, 1.807) is 30.9 Å². The second-order valence-electron chi connectivity index (χ2n) is 5.00. The van der Waals surface area contributed by atoms with E-state index in [2.05, 4.69) is 9.97 Å². The molecule has 4 heteroatoms. The lowest BCUT2D eigenvalue weighted by atomic mass is 9.97. The molecular weight excluding hydrogens is 288 g/mol. The summed E-state index contributed by atoms with van der Waals surface area (Å²) in [4.78, 5) is 19.1. The van der Waals surface area contributed by atoms with Crippen LogP contribution >= 0.6 is 0 Å². The van der Waals surface area contributed by atoms with E-state index < -0.39 is 5.97 Å². The third-order valence-corrected chi connectivity index (χ3v) is 3.36. The molecule has 0 atom stereocenters. The van der Waals surface area contributed by atoms with Crippen LogP contribution in [0.25, 0.3) is 28.3 Å². The number of rotatable bonds is 4. The molecule has 0 aliphatic rings. The van der Waals surface area contributed by atoms with Crippen LogP contribution in [0.4, 0.5) is 0 Å². The summed E-state index contributed by atoms with van der Waals surface area (Å²) in [6, 6.07) is 13.6. The van der Waals surface area contributed by atoms with Crippen LogP contribution in [0.5, 0.6) is 0 Å². The summed E-state index contributed by atoms with van der Waals surface area (Å²) in [5.41, 5.74) is 4.72. The number of hydrogen-bond acceptors (Lipinski definition) is 3. The van der Waals surface area contributed by atoms with Crippen molar-refractivity contribution in [3.05, 3.63) is 78.9 Å². The molecule has 2 aromatic heterocycles. The minimum atomic E-state index is -0.972. The number of aromatic nitrogens is 2. The minimum absolute atomic E-state index is 0.813. The highest BCUT2D eigenvalue weighted by atomic mass is 16.4. The van der Waals surface area contributed by atoms with Gasteiger partial charge in [-0.2, -0.15) is 0 Å². The molecular formula is C19H14N2O2. The number of aliphatic carboxylic acids is 1. The largest absolute Gasteiger partial charge is 0.478 e. The Kier molecular flexibility index (Phi) is 4.25. The average molecular weight is 302 g/mol. The van der Waals surface area contributed by atoms with Gasteiger partial charge in [0.05, 0.1) is 0 Å². The van der Waals surface area contributed by atoms with E-state index in [9.17, 15) is 4.79 Å². The normalized spacial score (nSPS) is 10.8. The van der Waals surface area contributed by atoms with Crippen LogP contribution in [0.1, 0.15) is 5.56 Å². The molecule has 0 amide bonds. The highest BCUT2D eigenvalue weighted by Crippen LogP contribution is 2.28. The average Bonchev–Trinajstić information content (AvgIpc) is 2.61. The Labute approximate surface area is 133 Å². The molecule has 3 rings (SSSR count). The monoisotopic (exact) mass is 302 g/mol. The molecule has 0 unspecified atom stereocenters. The SMILES string of the molecule is O=C(O)/C=C/c1cc(-c2cccnc2)cc(-c2cccnc2)c1. The van der Waals surface area contributed by atoms with Gasteiger partial charge in [-0.05, 0) is 53.1 Å². The van der Waals surface area contributed by atoms with Gasteiger partial charge < -0.3 is 5.11 Å². The van der Waals surface area contributed by atoms with E-state index in [-0.39, 0.29) is 0 Å². The van der Waals surface area contributed by atoms with Gasteiger partial charge >= 0.3 is 5.97 Å². The molecule has 0 aliphatic heterocycles. The molecule has 4 nitrogen and oxygen atoms in total. The van der Waals surface area contributed by atoms with E-state index in [1.807, 2.05) is 42.5 Å². The Morgan fingerprint density at radius 2 is 1.43 bits per heavy atom. The van der Waals surface area contributed by atoms with E-state index >= 15 is 0 Å². The van der Waals surface area contributed by atoms with Crippen molar-refractivity contribution in [1.29, 1.82) is 0 Å². The van der Waals surface area contributed by atoms with Gasteiger partial charge in [0.15, 0.2) is 0 Å². The van der Waals surface area contributed by atoms with Crippen LogP contribution in [0.2, 0.25) is 0 Å². The first kappa shape index (κ1) is 14.7. The molecule has 0 aliphatic carbocycles. The predicted octanol–water partition coefficient (Wildman–Crippen LogP) is 3.91. The van der Waals surface area contributed by atoms with Crippen molar-refractivity contribution in [2.24, 2.45) is 0 Å². The number of nitrogens with zero attached hydrogens (tertiary/aromatic N) is 2. The molecule has 3 aromatic rings. The van der Waals surface area contributed by atoms with E-state index in [4.69, 9.17) is 5.11 Å². The summed E-state index contributed by atoms with van der Waals surface area (Å²) in [6.07, 6.45) is 9.73. The highest BCUT2D eigenvalue weighted by Gasteiger charge is 2.05. The van der Waals surface area contributed by atoms with Gasteiger partial charge in [-0.25, -0.2) is 4.79 Å². The maximum absolute atomic E-state index is 10.8. The maximum atomic E-state index is 10.8. The third-order valence-electron chi connectivity index (χ3n) is 3.36. The Hall–Kier alpha value is -3.27. The molecule has 0 saturated carbocycles. The maximum Gasteiger partial charge on any atom is 0.328 e. The fourth-order valence-corrected chi connectivity index (χ4v) is 2.32. The van der Waals surface area contributed by atoms with Crippen molar-refractivity contribution in [2.45, 2.75) is 0 Å². The molecule has 0 fully saturated rings. The Balaban J connectivity index is 2.13. The number of carboxylic acid groups (broad SMARTS) is 1. The fourth-order valence-electron chi connectivity index (χ4n) is 2.32. The predicted molar refractivity (Wildman–Crippen MR) is 89.6 cm³/mol. The van der Waals surface area contributed by atoms with Gasteiger partial charge in [0, 0.05) is 42.0 Å². The van der Waals surface area contributed by atoms with Gasteiger partial charge in [0.1, 0.15) is 0 Å². The van der Waals surface area contributed by atoms with Gasteiger partial charge in [0.2, 0.25) is 0 Å². The van der Waals surface area contributed by atoms with Crippen LogP contribution in [-0.4, -0.2) is 21.0 Å². The zero-order chi connectivity index (χ0) is 16.1. The topological polar surface area (TPSA) is 63.1 Å². The summed E-state index contributed by atoms with van der Waals surface area (Å²) in [7, 11) is 0. The molecule has 0 saturated heterocycles. The lowest BCUT2D eigenvalue weighted by Gasteiger charge is -2.08. The second-order valence-corrected chi connectivity index (χ2v) is 5.00. The van der Waals surface area contributed by atoms with Crippen molar-refractivity contribution >= 4 is 12.0 Å². The van der Waals surface area contributed by atoms with E-state index in [0.29, 0.717) is 0 Å². The lowest BCUT2D eigenvalue weighted by molar-refractivity contribution is -0.131. The molecule has 1 N–H and O–H groups in total. The minimum Gasteiger partial charge on any atom is -0.478 e. The van der Waals surface area contributed by atoms with Gasteiger partial charge in [-0.3, -0.25) is 9.97 Å². The Morgan fingerprint density at radius 3 is 1.87 bits per heavy atom. The standard InChI is InChI=1S/C19H14N2O2/c22-19(23)6-5-14-9-17(15-3-1-7-20-12-15)11-18(10-14)16-4-2-8-21-13-16/h1-13H,(H,22,23)/b6-5+. The fraction of sp³-hybridized carbons (Fsp3) is 0. The summed E-state index contributed by atoms with van der Waals surface area (Å²) in [5.74, 6) is -0.972. The summed E-state index contributed by atoms with van der Waals surface area (Å²) in [5, 5.41) is 8.84. The van der Waals surface area contributed by atoms with Crippen LogP contribution in [0, 0.1) is 0 Å². The number of carboxylic acids is 1. The van der Waals surface area contributed by atoms with Gasteiger partial charge in [0.25, 0.3) is 0 Å². The van der Waals surface area contributed by atoms with Crippen molar-refractivity contribution in [1.82, 2.24) is 9.97 Å². The van der Waals surface area contributed by atoms with E-state index in [0.717, 1.165) is 33.9 Å².